The fourth-order valence-electron chi connectivity index (χ4n) is 2.24. The molecule has 0 aliphatic carbocycles. The normalized spacial score (nSPS) is 10.4. The molecule has 0 saturated heterocycles. The maximum Gasteiger partial charge on any atom is 0.257 e. The van der Waals surface area contributed by atoms with Crippen LogP contribution in [0, 0.1) is 12.9 Å². The highest BCUT2D eigenvalue weighted by Crippen LogP contribution is 2.25. The van der Waals surface area contributed by atoms with E-state index in [1.165, 1.54) is 12.3 Å². The number of carbonyl (C=O) groups is 1. The lowest BCUT2D eigenvalue weighted by Gasteiger charge is -2.13. The second-order valence-corrected chi connectivity index (χ2v) is 5.77. The minimum absolute atomic E-state index is 0.302. The average Bonchev–Trinajstić information content (AvgIpc) is 2.58. The summed E-state index contributed by atoms with van der Waals surface area (Å²) in [5.74, 6) is -1.00. The van der Waals surface area contributed by atoms with E-state index >= 15 is 0 Å². The molecular weight excluding hydrogens is 343 g/mol. The Morgan fingerprint density at radius 1 is 1.12 bits per heavy atom. The van der Waals surface area contributed by atoms with Gasteiger partial charge in [0.1, 0.15) is 0 Å². The summed E-state index contributed by atoms with van der Waals surface area (Å²) >= 11 is 5.88. The first-order valence-electron chi connectivity index (χ1n) is 7.43. The van der Waals surface area contributed by atoms with Gasteiger partial charge in [0, 0.05) is 23.1 Å². The topological polar surface area (TPSA) is 66.9 Å². The number of halogens is 2. The second-order valence-electron chi connectivity index (χ2n) is 5.33. The largest absolute Gasteiger partial charge is 0.353 e. The van der Waals surface area contributed by atoms with Crippen molar-refractivity contribution in [3.8, 4) is 0 Å². The van der Waals surface area contributed by atoms with Gasteiger partial charge in [0.25, 0.3) is 5.91 Å². The summed E-state index contributed by atoms with van der Waals surface area (Å²) in [7, 11) is 0. The van der Waals surface area contributed by atoms with E-state index in [9.17, 15) is 9.18 Å². The number of hydrogen-bond donors (Lipinski definition) is 2. The van der Waals surface area contributed by atoms with Crippen molar-refractivity contribution in [1.29, 1.82) is 0 Å². The number of aryl methyl sites for hydroxylation is 1. The number of hydrogen-bond acceptors (Lipinski definition) is 4. The molecule has 7 heteroatoms. The molecule has 2 N–H and O–H groups in total. The smallest absolute Gasteiger partial charge is 0.257 e. The van der Waals surface area contributed by atoms with Crippen LogP contribution in [0.3, 0.4) is 0 Å². The van der Waals surface area contributed by atoms with Crippen LogP contribution in [0.5, 0.6) is 0 Å². The Morgan fingerprint density at radius 3 is 2.60 bits per heavy atom. The standard InChI is InChI=1S/C18H14ClFN4O/c1-11-8-17(20)22-9-14(11)18(25)24-15-6-7-21-10-16(15)23-13-4-2-12(19)3-5-13/h2-10,23H,1H3,(H,21,24,25). The Labute approximate surface area is 148 Å². The molecule has 0 atom stereocenters. The minimum Gasteiger partial charge on any atom is -0.353 e. The van der Waals surface area contributed by atoms with Gasteiger partial charge in [-0.05, 0) is 48.9 Å². The van der Waals surface area contributed by atoms with Crippen LogP contribution >= 0.6 is 11.6 Å². The summed E-state index contributed by atoms with van der Waals surface area (Å²) in [6.45, 7) is 1.65. The van der Waals surface area contributed by atoms with Gasteiger partial charge >= 0.3 is 0 Å². The highest BCUT2D eigenvalue weighted by atomic mass is 35.5. The Kier molecular flexibility index (Phi) is 4.90. The van der Waals surface area contributed by atoms with E-state index in [1.54, 1.807) is 37.5 Å². The maximum absolute atomic E-state index is 13.1. The number of rotatable bonds is 4. The van der Waals surface area contributed by atoms with E-state index in [0.717, 1.165) is 5.69 Å². The van der Waals surface area contributed by atoms with E-state index in [0.29, 0.717) is 27.5 Å². The molecule has 0 saturated carbocycles. The molecule has 0 radical (unpaired) electrons. The van der Waals surface area contributed by atoms with E-state index in [1.807, 2.05) is 12.1 Å². The van der Waals surface area contributed by atoms with Crippen molar-refractivity contribution in [2.75, 3.05) is 10.6 Å². The van der Waals surface area contributed by atoms with Gasteiger partial charge in [-0.15, -0.1) is 0 Å². The maximum atomic E-state index is 13.1. The lowest BCUT2D eigenvalue weighted by molar-refractivity contribution is 0.102. The van der Waals surface area contributed by atoms with Crippen LogP contribution in [0.1, 0.15) is 15.9 Å². The van der Waals surface area contributed by atoms with Gasteiger partial charge in [0.05, 0.1) is 23.1 Å². The monoisotopic (exact) mass is 356 g/mol. The molecule has 2 aromatic heterocycles. The Bertz CT molecular complexity index is 915. The van der Waals surface area contributed by atoms with Gasteiger partial charge in [-0.1, -0.05) is 11.6 Å². The summed E-state index contributed by atoms with van der Waals surface area (Å²) in [6.07, 6.45) is 4.38. The van der Waals surface area contributed by atoms with Crippen LogP contribution in [0.15, 0.2) is 55.0 Å². The van der Waals surface area contributed by atoms with Crippen molar-refractivity contribution < 1.29 is 9.18 Å². The molecule has 2 heterocycles. The first-order valence-corrected chi connectivity index (χ1v) is 7.81. The first kappa shape index (κ1) is 16.9. The van der Waals surface area contributed by atoms with Gasteiger partial charge in [0.2, 0.25) is 5.95 Å². The first-order chi connectivity index (χ1) is 12.0. The molecule has 5 nitrogen and oxygen atoms in total. The van der Waals surface area contributed by atoms with Crippen molar-refractivity contribution in [2.24, 2.45) is 0 Å². The molecule has 3 rings (SSSR count). The fraction of sp³-hybridized carbons (Fsp3) is 0.0556. The average molecular weight is 357 g/mol. The number of anilines is 3. The quantitative estimate of drug-likeness (QED) is 0.672. The summed E-state index contributed by atoms with van der Waals surface area (Å²) in [5, 5.41) is 6.59. The molecule has 0 aliphatic rings. The van der Waals surface area contributed by atoms with Crippen molar-refractivity contribution in [3.63, 3.8) is 0 Å². The Hall–Kier alpha value is -2.99. The Balaban J connectivity index is 1.83. The number of amides is 1. The van der Waals surface area contributed by atoms with Gasteiger partial charge in [-0.2, -0.15) is 4.39 Å². The highest BCUT2D eigenvalue weighted by molar-refractivity contribution is 6.30. The molecule has 3 aromatic rings. The lowest BCUT2D eigenvalue weighted by atomic mass is 10.1. The third-order valence-electron chi connectivity index (χ3n) is 3.51. The van der Waals surface area contributed by atoms with E-state index in [2.05, 4.69) is 20.6 Å². The van der Waals surface area contributed by atoms with Gasteiger partial charge in [-0.3, -0.25) is 9.78 Å². The summed E-state index contributed by atoms with van der Waals surface area (Å²) in [6, 6.07) is 10.0. The number of pyridine rings is 2. The number of nitrogens with one attached hydrogen (secondary N) is 2. The highest BCUT2D eigenvalue weighted by Gasteiger charge is 2.13. The molecule has 0 aliphatic heterocycles. The molecule has 0 fully saturated rings. The predicted molar refractivity (Wildman–Crippen MR) is 95.9 cm³/mol. The zero-order chi connectivity index (χ0) is 17.8. The van der Waals surface area contributed by atoms with E-state index in [-0.39, 0.29) is 5.91 Å². The van der Waals surface area contributed by atoms with Crippen molar-refractivity contribution in [3.05, 3.63) is 77.1 Å². The van der Waals surface area contributed by atoms with Crippen LogP contribution in [0.25, 0.3) is 0 Å². The van der Waals surface area contributed by atoms with Crippen LogP contribution in [0.2, 0.25) is 5.02 Å². The van der Waals surface area contributed by atoms with Gasteiger partial charge in [0.15, 0.2) is 0 Å². The second kappa shape index (κ2) is 7.27. The zero-order valence-electron chi connectivity index (χ0n) is 13.3. The third-order valence-corrected chi connectivity index (χ3v) is 3.77. The van der Waals surface area contributed by atoms with Gasteiger partial charge in [-0.25, -0.2) is 4.98 Å². The summed E-state index contributed by atoms with van der Waals surface area (Å²) in [4.78, 5) is 20.1. The van der Waals surface area contributed by atoms with Crippen LogP contribution in [0.4, 0.5) is 21.5 Å². The fourth-order valence-corrected chi connectivity index (χ4v) is 2.37. The van der Waals surface area contributed by atoms with Gasteiger partial charge < -0.3 is 10.6 Å². The molecule has 0 spiro atoms. The SMILES string of the molecule is Cc1cc(F)ncc1C(=O)Nc1ccncc1Nc1ccc(Cl)cc1. The molecule has 1 amide bonds. The van der Waals surface area contributed by atoms with Crippen LogP contribution in [-0.2, 0) is 0 Å². The van der Waals surface area contributed by atoms with Crippen LogP contribution in [-0.4, -0.2) is 15.9 Å². The number of nitrogens with zero attached hydrogens (tertiary/aromatic N) is 2. The summed E-state index contributed by atoms with van der Waals surface area (Å²) in [5.41, 5.74) is 2.76. The number of carbonyl (C=O) groups excluding carboxylic acids is 1. The van der Waals surface area contributed by atoms with Crippen LogP contribution < -0.4 is 10.6 Å². The summed E-state index contributed by atoms with van der Waals surface area (Å²) < 4.78 is 13.1. The predicted octanol–water partition coefficient (Wildman–Crippen LogP) is 4.57. The van der Waals surface area contributed by atoms with E-state index < -0.39 is 5.95 Å². The minimum atomic E-state index is -0.622. The third kappa shape index (κ3) is 4.10. The van der Waals surface area contributed by atoms with Crippen molar-refractivity contribution >= 4 is 34.6 Å². The molecular formula is C18H14ClFN4O. The Morgan fingerprint density at radius 2 is 1.88 bits per heavy atom. The van der Waals surface area contributed by atoms with Crippen molar-refractivity contribution in [1.82, 2.24) is 9.97 Å². The number of aromatic nitrogens is 2. The molecule has 1 aromatic carbocycles. The molecule has 0 unspecified atom stereocenters. The molecule has 126 valence electrons. The lowest BCUT2D eigenvalue weighted by Crippen LogP contribution is -2.15. The van der Waals surface area contributed by atoms with E-state index in [4.69, 9.17) is 11.6 Å². The van der Waals surface area contributed by atoms with Crippen molar-refractivity contribution in [2.45, 2.75) is 6.92 Å². The number of benzene rings is 1. The molecule has 0 bridgehead atoms. The molecule has 25 heavy (non-hydrogen) atoms. The zero-order valence-corrected chi connectivity index (χ0v) is 14.0.